The van der Waals surface area contributed by atoms with Crippen LogP contribution in [0.4, 0.5) is 0 Å². The number of aromatic nitrogens is 1. The van der Waals surface area contributed by atoms with Crippen molar-refractivity contribution in [3.8, 4) is 22.8 Å². The van der Waals surface area contributed by atoms with Gasteiger partial charge in [0, 0.05) is 5.56 Å². The van der Waals surface area contributed by atoms with Crippen LogP contribution in [0, 0.1) is 6.92 Å². The fourth-order valence-corrected chi connectivity index (χ4v) is 3.26. The minimum absolute atomic E-state index is 0.175. The zero-order valence-corrected chi connectivity index (χ0v) is 17.2. The van der Waals surface area contributed by atoms with Gasteiger partial charge in [-0.15, -0.1) is 0 Å². The second-order valence-electron chi connectivity index (χ2n) is 7.05. The van der Waals surface area contributed by atoms with Crippen LogP contribution >= 0.6 is 0 Å². The molecule has 1 heterocycles. The molecule has 1 amide bonds. The molecule has 4 aromatic rings. The highest BCUT2D eigenvalue weighted by Gasteiger charge is 2.11. The molecule has 4 rings (SSSR count). The Bertz CT molecular complexity index is 1280. The number of nitrogens with one attached hydrogen (secondary N) is 1. The van der Waals surface area contributed by atoms with Crippen molar-refractivity contribution in [3.63, 3.8) is 0 Å². The number of amides is 1. The van der Waals surface area contributed by atoms with E-state index in [9.17, 15) is 9.90 Å². The number of rotatable bonds is 5. The average Bonchev–Trinajstić information content (AvgIpc) is 2.79. The van der Waals surface area contributed by atoms with E-state index < -0.39 is 0 Å². The number of hydrogen-bond donors (Lipinski definition) is 2. The smallest absolute Gasteiger partial charge is 0.273 e. The van der Waals surface area contributed by atoms with Crippen molar-refractivity contribution in [1.29, 1.82) is 0 Å². The number of phenolic OH excluding ortho intramolecular Hbond substituents is 1. The predicted octanol–water partition coefficient (Wildman–Crippen LogP) is 4.69. The summed E-state index contributed by atoms with van der Waals surface area (Å²) in [4.78, 5) is 17.1. The summed E-state index contributed by atoms with van der Waals surface area (Å²) < 4.78 is 5.28. The van der Waals surface area contributed by atoms with Crippen LogP contribution in [0.3, 0.4) is 0 Å². The molecule has 0 saturated carbocycles. The van der Waals surface area contributed by atoms with Crippen molar-refractivity contribution in [2.75, 3.05) is 7.11 Å². The van der Waals surface area contributed by atoms with Gasteiger partial charge < -0.3 is 9.84 Å². The molecule has 1 aromatic heterocycles. The van der Waals surface area contributed by atoms with Crippen LogP contribution in [0.2, 0.25) is 0 Å². The Morgan fingerprint density at radius 2 is 1.74 bits per heavy atom. The Hall–Kier alpha value is -4.19. The molecule has 0 bridgehead atoms. The van der Waals surface area contributed by atoms with Gasteiger partial charge in [0.25, 0.3) is 5.91 Å². The molecule has 2 N–H and O–H groups in total. The molecule has 3 aromatic carbocycles. The molecule has 0 aliphatic carbocycles. The fraction of sp³-hybridized carbons (Fsp3) is 0.0800. The lowest BCUT2D eigenvalue weighted by atomic mass is 10.0. The fourth-order valence-electron chi connectivity index (χ4n) is 3.26. The Labute approximate surface area is 179 Å². The summed E-state index contributed by atoms with van der Waals surface area (Å²) in [5.41, 5.74) is 6.11. The van der Waals surface area contributed by atoms with E-state index in [2.05, 4.69) is 21.6 Å². The number of hydrogen-bond acceptors (Lipinski definition) is 5. The van der Waals surface area contributed by atoms with Gasteiger partial charge in [-0.3, -0.25) is 9.78 Å². The second kappa shape index (κ2) is 8.67. The van der Waals surface area contributed by atoms with E-state index >= 15 is 0 Å². The molecule has 6 heteroatoms. The highest BCUT2D eigenvalue weighted by Crippen LogP contribution is 2.26. The quantitative estimate of drug-likeness (QED) is 0.369. The maximum Gasteiger partial charge on any atom is 0.273 e. The van der Waals surface area contributed by atoms with Crippen molar-refractivity contribution in [2.45, 2.75) is 6.92 Å². The minimum Gasteiger partial charge on any atom is -0.508 e. The Morgan fingerprint density at radius 1 is 1.00 bits per heavy atom. The van der Waals surface area contributed by atoms with E-state index in [4.69, 9.17) is 4.74 Å². The van der Waals surface area contributed by atoms with Crippen LogP contribution in [0.1, 0.15) is 21.6 Å². The maximum absolute atomic E-state index is 12.5. The van der Waals surface area contributed by atoms with E-state index in [1.165, 1.54) is 6.21 Å². The molecule has 0 saturated heterocycles. The minimum atomic E-state index is -0.336. The standard InChI is InChI=1S/C25H21N3O3/c1-16-23(25(30)28-26-15-17-3-8-21(29)9-4-17)11-12-24(27-16)20-6-5-19-14-22(31-2)10-7-18(19)13-20/h3-15,29H,1-2H3,(H,28,30)/b26-15+. The molecule has 0 aliphatic heterocycles. The molecule has 0 radical (unpaired) electrons. The summed E-state index contributed by atoms with van der Waals surface area (Å²) in [6.45, 7) is 1.80. The first-order chi connectivity index (χ1) is 15.0. The lowest BCUT2D eigenvalue weighted by molar-refractivity contribution is 0.0954. The first kappa shape index (κ1) is 20.1. The number of carbonyl (C=O) groups excluding carboxylic acids is 1. The predicted molar refractivity (Wildman–Crippen MR) is 122 cm³/mol. The number of hydrazone groups is 1. The largest absolute Gasteiger partial charge is 0.508 e. The zero-order valence-electron chi connectivity index (χ0n) is 17.2. The summed E-state index contributed by atoms with van der Waals surface area (Å²) >= 11 is 0. The Balaban J connectivity index is 1.51. The molecular weight excluding hydrogens is 390 g/mol. The van der Waals surface area contributed by atoms with E-state index in [1.807, 2.05) is 36.4 Å². The summed E-state index contributed by atoms with van der Waals surface area (Å²) in [5.74, 6) is 0.656. The number of benzene rings is 3. The van der Waals surface area contributed by atoms with Crippen LogP contribution < -0.4 is 10.2 Å². The Kier molecular flexibility index (Phi) is 5.62. The van der Waals surface area contributed by atoms with Gasteiger partial charge in [0.1, 0.15) is 11.5 Å². The number of methoxy groups -OCH3 is 1. The molecule has 6 nitrogen and oxygen atoms in total. The van der Waals surface area contributed by atoms with Crippen molar-refractivity contribution < 1.29 is 14.6 Å². The molecule has 0 fully saturated rings. The number of fused-ring (bicyclic) bond motifs is 1. The van der Waals surface area contributed by atoms with Gasteiger partial charge in [0.2, 0.25) is 0 Å². The van der Waals surface area contributed by atoms with Gasteiger partial charge in [0.15, 0.2) is 0 Å². The highest BCUT2D eigenvalue weighted by atomic mass is 16.5. The Morgan fingerprint density at radius 3 is 2.48 bits per heavy atom. The van der Waals surface area contributed by atoms with Gasteiger partial charge in [-0.05, 0) is 77.9 Å². The first-order valence-electron chi connectivity index (χ1n) is 9.72. The number of carbonyl (C=O) groups is 1. The van der Waals surface area contributed by atoms with Crippen molar-refractivity contribution in [2.24, 2.45) is 5.10 Å². The van der Waals surface area contributed by atoms with Crippen LogP contribution in [0.5, 0.6) is 11.5 Å². The van der Waals surface area contributed by atoms with Gasteiger partial charge in [0.05, 0.1) is 30.3 Å². The molecule has 154 valence electrons. The van der Waals surface area contributed by atoms with E-state index in [0.717, 1.165) is 33.3 Å². The average molecular weight is 411 g/mol. The first-order valence-corrected chi connectivity index (χ1v) is 9.72. The topological polar surface area (TPSA) is 83.8 Å². The van der Waals surface area contributed by atoms with Crippen molar-refractivity contribution in [3.05, 3.63) is 89.6 Å². The van der Waals surface area contributed by atoms with Crippen molar-refractivity contribution >= 4 is 22.9 Å². The summed E-state index contributed by atoms with van der Waals surface area (Å²) in [6, 6.07) is 22.1. The SMILES string of the molecule is COc1ccc2cc(-c3ccc(C(=O)N/N=C/c4ccc(O)cc4)c(C)n3)ccc2c1. The number of ether oxygens (including phenoxy) is 1. The monoisotopic (exact) mass is 411 g/mol. The van der Waals surface area contributed by atoms with Gasteiger partial charge in [-0.25, -0.2) is 5.43 Å². The van der Waals surface area contributed by atoms with E-state index in [1.54, 1.807) is 44.4 Å². The van der Waals surface area contributed by atoms with Crippen LogP contribution in [-0.4, -0.2) is 29.3 Å². The number of aryl methyl sites for hydroxylation is 1. The third-order valence-electron chi connectivity index (χ3n) is 4.95. The molecule has 0 atom stereocenters. The molecule has 0 aliphatic rings. The number of nitrogens with zero attached hydrogens (tertiary/aromatic N) is 2. The summed E-state index contributed by atoms with van der Waals surface area (Å²) in [7, 11) is 1.65. The normalized spacial score (nSPS) is 11.0. The zero-order chi connectivity index (χ0) is 21.8. The highest BCUT2D eigenvalue weighted by molar-refractivity contribution is 5.96. The lowest BCUT2D eigenvalue weighted by Gasteiger charge is -2.08. The summed E-state index contributed by atoms with van der Waals surface area (Å²) in [5, 5.41) is 15.4. The molecule has 0 spiro atoms. The van der Waals surface area contributed by atoms with Crippen molar-refractivity contribution in [1.82, 2.24) is 10.4 Å². The number of pyridine rings is 1. The van der Waals surface area contributed by atoms with Gasteiger partial charge in [-0.2, -0.15) is 5.10 Å². The molecule has 0 unspecified atom stereocenters. The maximum atomic E-state index is 12.5. The second-order valence-corrected chi connectivity index (χ2v) is 7.05. The van der Waals surface area contributed by atoms with E-state index in [-0.39, 0.29) is 11.7 Å². The number of phenols is 1. The number of aromatic hydroxyl groups is 1. The van der Waals surface area contributed by atoms with Crippen LogP contribution in [-0.2, 0) is 0 Å². The summed E-state index contributed by atoms with van der Waals surface area (Å²) in [6.07, 6.45) is 1.51. The molecule has 31 heavy (non-hydrogen) atoms. The molecular formula is C25H21N3O3. The van der Waals surface area contributed by atoms with Crippen LogP contribution in [0.15, 0.2) is 77.9 Å². The lowest BCUT2D eigenvalue weighted by Crippen LogP contribution is -2.19. The van der Waals surface area contributed by atoms with Gasteiger partial charge in [-0.1, -0.05) is 18.2 Å². The third kappa shape index (κ3) is 4.53. The van der Waals surface area contributed by atoms with E-state index in [0.29, 0.717) is 11.3 Å². The van der Waals surface area contributed by atoms with Gasteiger partial charge >= 0.3 is 0 Å². The van der Waals surface area contributed by atoms with Crippen LogP contribution in [0.25, 0.3) is 22.0 Å². The third-order valence-corrected chi connectivity index (χ3v) is 4.95.